The van der Waals surface area contributed by atoms with Gasteiger partial charge in [0.2, 0.25) is 5.91 Å². The smallest absolute Gasteiger partial charge is 0.223 e. The van der Waals surface area contributed by atoms with E-state index in [9.17, 15) is 4.79 Å². The zero-order chi connectivity index (χ0) is 20.0. The van der Waals surface area contributed by atoms with Gasteiger partial charge in [0.1, 0.15) is 13.2 Å². The van der Waals surface area contributed by atoms with Gasteiger partial charge < -0.3 is 25.4 Å². The van der Waals surface area contributed by atoms with E-state index in [1.807, 2.05) is 13.0 Å². The maximum atomic E-state index is 11.7. The van der Waals surface area contributed by atoms with Crippen LogP contribution >= 0.6 is 0 Å². The number of nitrogens with one attached hydrogen (secondary N) is 3. The van der Waals surface area contributed by atoms with Crippen molar-refractivity contribution in [3.63, 3.8) is 0 Å². The molecule has 0 radical (unpaired) electrons. The van der Waals surface area contributed by atoms with E-state index in [0.717, 1.165) is 42.4 Å². The van der Waals surface area contributed by atoms with E-state index in [2.05, 4.69) is 41.9 Å². The fraction of sp³-hybridized carbons (Fsp3) is 0.619. The SMILES string of the molecule is CCNC(=NCC(C)(C)c1ccc2c(c1)OCCO2)NCCNC(=O)C1CC1. The third-order valence-corrected chi connectivity index (χ3v) is 4.97. The van der Waals surface area contributed by atoms with Crippen LogP contribution in [0.2, 0.25) is 0 Å². The fourth-order valence-corrected chi connectivity index (χ4v) is 3.03. The van der Waals surface area contributed by atoms with Crippen molar-refractivity contribution in [3.05, 3.63) is 23.8 Å². The second kappa shape index (κ2) is 9.17. The Kier molecular flexibility index (Phi) is 6.65. The summed E-state index contributed by atoms with van der Waals surface area (Å²) >= 11 is 0. The van der Waals surface area contributed by atoms with Gasteiger partial charge in [-0.3, -0.25) is 9.79 Å². The van der Waals surface area contributed by atoms with Crippen molar-refractivity contribution in [2.75, 3.05) is 39.4 Å². The molecule has 7 heteroatoms. The Bertz CT molecular complexity index is 714. The minimum atomic E-state index is -0.154. The predicted octanol–water partition coefficient (Wildman–Crippen LogP) is 1.82. The van der Waals surface area contributed by atoms with Gasteiger partial charge in [-0.1, -0.05) is 19.9 Å². The van der Waals surface area contributed by atoms with Crippen LogP contribution in [-0.4, -0.2) is 51.3 Å². The monoisotopic (exact) mass is 388 g/mol. The standard InChI is InChI=1S/C21H32N4O3/c1-4-22-20(24-10-9-23-19(26)15-5-6-15)25-14-21(2,3)16-7-8-17-18(13-16)28-12-11-27-17/h7-8,13,15H,4-6,9-12,14H2,1-3H3,(H,23,26)(H2,22,24,25). The number of nitrogens with zero attached hydrogens (tertiary/aromatic N) is 1. The summed E-state index contributed by atoms with van der Waals surface area (Å²) in [6.45, 7) is 10.2. The number of amides is 1. The molecule has 154 valence electrons. The van der Waals surface area contributed by atoms with Crippen molar-refractivity contribution in [2.45, 2.75) is 39.0 Å². The lowest BCUT2D eigenvalue weighted by Gasteiger charge is -2.26. The Labute approximate surface area is 167 Å². The summed E-state index contributed by atoms with van der Waals surface area (Å²) in [6, 6.07) is 6.11. The topological polar surface area (TPSA) is 84.0 Å². The first-order chi connectivity index (χ1) is 13.5. The summed E-state index contributed by atoms with van der Waals surface area (Å²) in [5.41, 5.74) is 1.01. The minimum Gasteiger partial charge on any atom is -0.486 e. The van der Waals surface area contributed by atoms with E-state index in [-0.39, 0.29) is 17.2 Å². The van der Waals surface area contributed by atoms with E-state index in [0.29, 0.717) is 32.8 Å². The van der Waals surface area contributed by atoms with Crippen molar-refractivity contribution in [2.24, 2.45) is 10.9 Å². The molecule has 0 spiro atoms. The Morgan fingerprint density at radius 3 is 2.54 bits per heavy atom. The van der Waals surface area contributed by atoms with Crippen molar-refractivity contribution in [1.82, 2.24) is 16.0 Å². The van der Waals surface area contributed by atoms with E-state index >= 15 is 0 Å². The molecule has 28 heavy (non-hydrogen) atoms. The van der Waals surface area contributed by atoms with Crippen LogP contribution in [0.25, 0.3) is 0 Å². The van der Waals surface area contributed by atoms with Crippen LogP contribution in [0.1, 0.15) is 39.2 Å². The fourth-order valence-electron chi connectivity index (χ4n) is 3.03. The average molecular weight is 389 g/mol. The predicted molar refractivity (Wildman–Crippen MR) is 110 cm³/mol. The van der Waals surface area contributed by atoms with Crippen LogP contribution in [0, 0.1) is 5.92 Å². The highest BCUT2D eigenvalue weighted by atomic mass is 16.6. The number of benzene rings is 1. The van der Waals surface area contributed by atoms with Crippen LogP contribution in [0.5, 0.6) is 11.5 Å². The lowest BCUT2D eigenvalue weighted by atomic mass is 9.84. The van der Waals surface area contributed by atoms with Crippen molar-refractivity contribution >= 4 is 11.9 Å². The Hall–Kier alpha value is -2.44. The first kappa shape index (κ1) is 20.3. The molecular formula is C21H32N4O3. The van der Waals surface area contributed by atoms with Crippen LogP contribution in [-0.2, 0) is 10.2 Å². The number of hydrogen-bond donors (Lipinski definition) is 3. The van der Waals surface area contributed by atoms with Gasteiger partial charge in [-0.2, -0.15) is 0 Å². The van der Waals surface area contributed by atoms with Crippen molar-refractivity contribution in [1.29, 1.82) is 0 Å². The van der Waals surface area contributed by atoms with Gasteiger partial charge in [-0.25, -0.2) is 0 Å². The molecule has 2 aliphatic rings. The number of ether oxygens (including phenoxy) is 2. The van der Waals surface area contributed by atoms with E-state index in [4.69, 9.17) is 14.5 Å². The normalized spacial score (nSPS) is 16.5. The molecule has 1 heterocycles. The number of carbonyl (C=O) groups is 1. The molecule has 0 unspecified atom stereocenters. The second-order valence-corrected chi connectivity index (χ2v) is 7.93. The maximum Gasteiger partial charge on any atom is 0.223 e. The minimum absolute atomic E-state index is 0.154. The molecule has 0 atom stereocenters. The highest BCUT2D eigenvalue weighted by molar-refractivity contribution is 5.81. The van der Waals surface area contributed by atoms with Gasteiger partial charge in [-0.05, 0) is 37.5 Å². The molecule has 3 rings (SSSR count). The molecule has 1 aromatic carbocycles. The third-order valence-electron chi connectivity index (χ3n) is 4.97. The summed E-state index contributed by atoms with van der Waals surface area (Å²) in [5, 5.41) is 9.51. The highest BCUT2D eigenvalue weighted by Gasteiger charge is 2.29. The second-order valence-electron chi connectivity index (χ2n) is 7.93. The number of guanidine groups is 1. The number of carbonyl (C=O) groups excluding carboxylic acids is 1. The van der Waals surface area contributed by atoms with Crippen LogP contribution in [0.15, 0.2) is 23.2 Å². The van der Waals surface area contributed by atoms with E-state index in [1.165, 1.54) is 0 Å². The van der Waals surface area contributed by atoms with Gasteiger partial charge in [0.15, 0.2) is 17.5 Å². The maximum absolute atomic E-state index is 11.7. The van der Waals surface area contributed by atoms with Crippen LogP contribution < -0.4 is 25.4 Å². The lowest BCUT2D eigenvalue weighted by molar-refractivity contribution is -0.122. The molecule has 1 aromatic rings. The average Bonchev–Trinajstić information content (AvgIpc) is 3.54. The van der Waals surface area contributed by atoms with E-state index < -0.39 is 0 Å². The molecule has 1 aliphatic carbocycles. The molecule has 0 aromatic heterocycles. The molecule has 7 nitrogen and oxygen atoms in total. The number of aliphatic imine (C=N–C) groups is 1. The molecule has 1 aliphatic heterocycles. The molecule has 1 amide bonds. The van der Waals surface area contributed by atoms with Crippen molar-refractivity contribution in [3.8, 4) is 11.5 Å². The molecular weight excluding hydrogens is 356 g/mol. The zero-order valence-electron chi connectivity index (χ0n) is 17.1. The summed E-state index contributed by atoms with van der Waals surface area (Å²) < 4.78 is 11.3. The third kappa shape index (κ3) is 5.53. The number of hydrogen-bond acceptors (Lipinski definition) is 4. The largest absolute Gasteiger partial charge is 0.486 e. The first-order valence-corrected chi connectivity index (χ1v) is 10.2. The summed E-state index contributed by atoms with van der Waals surface area (Å²) in [6.07, 6.45) is 2.05. The van der Waals surface area contributed by atoms with Gasteiger partial charge in [0.05, 0.1) is 6.54 Å². The molecule has 1 fully saturated rings. The number of rotatable bonds is 8. The Morgan fingerprint density at radius 1 is 1.11 bits per heavy atom. The summed E-state index contributed by atoms with van der Waals surface area (Å²) in [4.78, 5) is 16.4. The van der Waals surface area contributed by atoms with Crippen LogP contribution in [0.3, 0.4) is 0 Å². The molecule has 0 bridgehead atoms. The number of fused-ring (bicyclic) bond motifs is 1. The van der Waals surface area contributed by atoms with Gasteiger partial charge >= 0.3 is 0 Å². The van der Waals surface area contributed by atoms with Gasteiger partial charge in [0.25, 0.3) is 0 Å². The first-order valence-electron chi connectivity index (χ1n) is 10.2. The lowest BCUT2D eigenvalue weighted by Crippen LogP contribution is -2.42. The van der Waals surface area contributed by atoms with Crippen molar-refractivity contribution < 1.29 is 14.3 Å². The van der Waals surface area contributed by atoms with E-state index in [1.54, 1.807) is 0 Å². The summed E-state index contributed by atoms with van der Waals surface area (Å²) in [5.74, 6) is 2.78. The molecule has 1 saturated carbocycles. The zero-order valence-corrected chi connectivity index (χ0v) is 17.1. The Morgan fingerprint density at radius 2 is 1.82 bits per heavy atom. The Balaban J connectivity index is 1.55. The van der Waals surface area contributed by atoms with Gasteiger partial charge in [0, 0.05) is 31.0 Å². The quantitative estimate of drug-likeness (QED) is 0.359. The van der Waals surface area contributed by atoms with Crippen LogP contribution in [0.4, 0.5) is 0 Å². The molecule has 3 N–H and O–H groups in total. The summed E-state index contributed by atoms with van der Waals surface area (Å²) in [7, 11) is 0. The molecule has 0 saturated heterocycles. The highest BCUT2D eigenvalue weighted by Crippen LogP contribution is 2.35. The van der Waals surface area contributed by atoms with Gasteiger partial charge in [-0.15, -0.1) is 0 Å².